The van der Waals surface area contributed by atoms with Crippen molar-refractivity contribution in [3.8, 4) is 5.75 Å². The second kappa shape index (κ2) is 12.0. The fourth-order valence-corrected chi connectivity index (χ4v) is 3.66. The first kappa shape index (κ1) is 23.4. The van der Waals surface area contributed by atoms with Crippen LogP contribution in [0.25, 0.3) is 0 Å². The molecule has 2 N–H and O–H groups in total. The predicted molar refractivity (Wildman–Crippen MR) is 127 cm³/mol. The van der Waals surface area contributed by atoms with Crippen molar-refractivity contribution >= 4 is 29.9 Å². The van der Waals surface area contributed by atoms with Gasteiger partial charge in [-0.2, -0.15) is 0 Å². The Bertz CT molecular complexity index is 804. The summed E-state index contributed by atoms with van der Waals surface area (Å²) in [5, 5.41) is 15.5. The molecule has 3 rings (SSSR count). The van der Waals surface area contributed by atoms with E-state index in [2.05, 4.69) is 49.4 Å². The second-order valence-electron chi connectivity index (χ2n) is 7.24. The summed E-state index contributed by atoms with van der Waals surface area (Å²) in [5.41, 5.74) is 2.45. The molecule has 8 heteroatoms. The summed E-state index contributed by atoms with van der Waals surface area (Å²) >= 11 is 0. The van der Waals surface area contributed by atoms with E-state index in [1.165, 1.54) is 30.4 Å². The zero-order valence-corrected chi connectivity index (χ0v) is 20.0. The maximum atomic E-state index is 5.46. The molecule has 1 aromatic carbocycles. The SMILES string of the molecule is CN=C(NCCc1cc(C)ccc1OC)NCCc1nnc2n1CCCCC2.I. The van der Waals surface area contributed by atoms with E-state index < -0.39 is 0 Å². The van der Waals surface area contributed by atoms with Crippen molar-refractivity contribution in [2.24, 2.45) is 4.99 Å². The van der Waals surface area contributed by atoms with Crippen molar-refractivity contribution in [3.05, 3.63) is 41.0 Å². The molecule has 7 nitrogen and oxygen atoms in total. The Morgan fingerprint density at radius 2 is 1.93 bits per heavy atom. The van der Waals surface area contributed by atoms with Crippen molar-refractivity contribution in [2.75, 3.05) is 27.2 Å². The van der Waals surface area contributed by atoms with Gasteiger partial charge in [0, 0.05) is 39.5 Å². The number of hydrogen-bond acceptors (Lipinski definition) is 4. The third-order valence-corrected chi connectivity index (χ3v) is 5.17. The quantitative estimate of drug-likeness (QED) is 0.339. The molecule has 0 spiro atoms. The van der Waals surface area contributed by atoms with Crippen LogP contribution in [0, 0.1) is 6.92 Å². The first-order chi connectivity index (χ1) is 13.7. The minimum atomic E-state index is 0. The maximum Gasteiger partial charge on any atom is 0.191 e. The molecule has 0 fully saturated rings. The lowest BCUT2D eigenvalue weighted by molar-refractivity contribution is 0.409. The van der Waals surface area contributed by atoms with Crippen LogP contribution in [-0.2, 0) is 25.8 Å². The summed E-state index contributed by atoms with van der Waals surface area (Å²) in [4.78, 5) is 4.32. The smallest absolute Gasteiger partial charge is 0.191 e. The third kappa shape index (κ3) is 6.58. The molecule has 160 valence electrons. The van der Waals surface area contributed by atoms with Crippen LogP contribution in [0.15, 0.2) is 23.2 Å². The molecule has 0 saturated heterocycles. The van der Waals surface area contributed by atoms with E-state index >= 15 is 0 Å². The van der Waals surface area contributed by atoms with Gasteiger partial charge in [-0.3, -0.25) is 4.99 Å². The molecule has 0 unspecified atom stereocenters. The lowest BCUT2D eigenvalue weighted by Gasteiger charge is -2.14. The Labute approximate surface area is 190 Å². The van der Waals surface area contributed by atoms with Gasteiger partial charge in [0.05, 0.1) is 7.11 Å². The van der Waals surface area contributed by atoms with E-state index in [1.807, 2.05) is 6.07 Å². The number of rotatable bonds is 7. The number of benzene rings is 1. The van der Waals surface area contributed by atoms with Gasteiger partial charge in [-0.1, -0.05) is 24.1 Å². The molecule has 1 aliphatic rings. The summed E-state index contributed by atoms with van der Waals surface area (Å²) in [6.07, 6.45) is 6.49. The van der Waals surface area contributed by atoms with Crippen LogP contribution >= 0.6 is 24.0 Å². The van der Waals surface area contributed by atoms with Crippen molar-refractivity contribution < 1.29 is 4.74 Å². The van der Waals surface area contributed by atoms with Gasteiger partial charge in [0.15, 0.2) is 5.96 Å². The number of aromatic nitrogens is 3. The van der Waals surface area contributed by atoms with Gasteiger partial charge in [-0.15, -0.1) is 34.2 Å². The topological polar surface area (TPSA) is 76.4 Å². The van der Waals surface area contributed by atoms with Crippen LogP contribution in [-0.4, -0.2) is 48.0 Å². The van der Waals surface area contributed by atoms with Gasteiger partial charge in [-0.25, -0.2) is 0 Å². The largest absolute Gasteiger partial charge is 0.496 e. The lowest BCUT2D eigenvalue weighted by atomic mass is 10.1. The molecule has 0 amide bonds. The van der Waals surface area contributed by atoms with Gasteiger partial charge < -0.3 is 19.9 Å². The Hall–Kier alpha value is -1.84. The highest BCUT2D eigenvalue weighted by Crippen LogP contribution is 2.19. The number of ether oxygens (including phenoxy) is 1. The number of halogens is 1. The van der Waals surface area contributed by atoms with Crippen molar-refractivity contribution in [1.29, 1.82) is 0 Å². The summed E-state index contributed by atoms with van der Waals surface area (Å²) in [6.45, 7) is 4.72. The molecule has 1 aromatic heterocycles. The average molecular weight is 512 g/mol. The first-order valence-electron chi connectivity index (χ1n) is 10.2. The summed E-state index contributed by atoms with van der Waals surface area (Å²) in [6, 6.07) is 6.27. The molecule has 0 saturated carbocycles. The van der Waals surface area contributed by atoms with Crippen LogP contribution in [0.1, 0.15) is 42.0 Å². The average Bonchev–Trinajstić information content (AvgIpc) is 2.93. The molecule has 0 bridgehead atoms. The lowest BCUT2D eigenvalue weighted by Crippen LogP contribution is -2.39. The molecule has 29 heavy (non-hydrogen) atoms. The summed E-state index contributed by atoms with van der Waals surface area (Å²) in [5.74, 6) is 3.96. The van der Waals surface area contributed by atoms with Crippen molar-refractivity contribution in [1.82, 2.24) is 25.4 Å². The highest BCUT2D eigenvalue weighted by molar-refractivity contribution is 14.0. The van der Waals surface area contributed by atoms with Crippen LogP contribution in [0.5, 0.6) is 5.75 Å². The molecular formula is C21H33IN6O. The number of hydrogen-bond donors (Lipinski definition) is 2. The maximum absolute atomic E-state index is 5.46. The number of guanidine groups is 1. The number of fused-ring (bicyclic) bond motifs is 1. The Kier molecular flexibility index (Phi) is 9.69. The van der Waals surface area contributed by atoms with Crippen LogP contribution in [0.3, 0.4) is 0 Å². The second-order valence-corrected chi connectivity index (χ2v) is 7.24. The van der Waals surface area contributed by atoms with Gasteiger partial charge in [0.25, 0.3) is 0 Å². The fraction of sp³-hybridized carbons (Fsp3) is 0.571. The molecule has 0 radical (unpaired) electrons. The Morgan fingerprint density at radius 1 is 1.14 bits per heavy atom. The van der Waals surface area contributed by atoms with Crippen molar-refractivity contribution in [2.45, 2.75) is 52.0 Å². The van der Waals surface area contributed by atoms with E-state index in [-0.39, 0.29) is 24.0 Å². The first-order valence-corrected chi connectivity index (χ1v) is 10.2. The fourth-order valence-electron chi connectivity index (χ4n) is 3.66. The van der Waals surface area contributed by atoms with Gasteiger partial charge in [0.2, 0.25) is 0 Å². The predicted octanol–water partition coefficient (Wildman–Crippen LogP) is 2.89. The number of aryl methyl sites for hydroxylation is 2. The number of nitrogens with zero attached hydrogens (tertiary/aromatic N) is 4. The zero-order chi connectivity index (χ0) is 19.8. The molecule has 0 atom stereocenters. The standard InChI is InChI=1S/C21H32N6O.HI/c1-16-8-9-18(28-3)17(15-16)10-12-23-21(22-2)24-13-11-20-26-25-19-7-5-4-6-14-27(19)20;/h8-9,15H,4-7,10-14H2,1-3H3,(H2,22,23,24);1H. The molecule has 2 heterocycles. The van der Waals surface area contributed by atoms with Crippen LogP contribution < -0.4 is 15.4 Å². The van der Waals surface area contributed by atoms with Crippen LogP contribution in [0.2, 0.25) is 0 Å². The number of aliphatic imine (C=N–C) groups is 1. The van der Waals surface area contributed by atoms with E-state index in [0.29, 0.717) is 0 Å². The van der Waals surface area contributed by atoms with Crippen molar-refractivity contribution in [3.63, 3.8) is 0 Å². The van der Waals surface area contributed by atoms with E-state index in [1.54, 1.807) is 14.2 Å². The molecule has 1 aliphatic heterocycles. The van der Waals surface area contributed by atoms with E-state index in [4.69, 9.17) is 4.74 Å². The summed E-state index contributed by atoms with van der Waals surface area (Å²) < 4.78 is 7.76. The highest BCUT2D eigenvalue weighted by atomic mass is 127. The van der Waals surface area contributed by atoms with Crippen LogP contribution in [0.4, 0.5) is 0 Å². The number of methoxy groups -OCH3 is 1. The Balaban J connectivity index is 0.00000300. The van der Waals surface area contributed by atoms with Gasteiger partial charge >= 0.3 is 0 Å². The monoisotopic (exact) mass is 512 g/mol. The van der Waals surface area contributed by atoms with Gasteiger partial charge in [0.1, 0.15) is 17.4 Å². The van der Waals surface area contributed by atoms with E-state index in [9.17, 15) is 0 Å². The zero-order valence-electron chi connectivity index (χ0n) is 17.7. The number of nitrogens with one attached hydrogen (secondary N) is 2. The molecular weight excluding hydrogens is 479 g/mol. The minimum absolute atomic E-state index is 0. The highest BCUT2D eigenvalue weighted by Gasteiger charge is 2.14. The normalized spacial score (nSPS) is 13.8. The Morgan fingerprint density at radius 3 is 2.69 bits per heavy atom. The molecule has 0 aliphatic carbocycles. The molecule has 2 aromatic rings. The minimum Gasteiger partial charge on any atom is -0.496 e. The van der Waals surface area contributed by atoms with E-state index in [0.717, 1.165) is 62.3 Å². The summed E-state index contributed by atoms with van der Waals surface area (Å²) in [7, 11) is 3.51. The van der Waals surface area contributed by atoms with Gasteiger partial charge in [-0.05, 0) is 37.8 Å². The third-order valence-electron chi connectivity index (χ3n) is 5.17.